The molecule has 1 aliphatic rings. The number of aliphatic hydroxyl groups excluding tert-OH is 1. The Bertz CT molecular complexity index is 434. The van der Waals surface area contributed by atoms with Gasteiger partial charge in [-0.3, -0.25) is 0 Å². The topological polar surface area (TPSA) is 50.7 Å². The Balaban J connectivity index is 2.03. The highest BCUT2D eigenvalue weighted by Crippen LogP contribution is 2.32. The maximum Gasteiger partial charge on any atom is 0.161 e. The van der Waals surface area contributed by atoms with Gasteiger partial charge in [-0.1, -0.05) is 6.07 Å². The van der Waals surface area contributed by atoms with Gasteiger partial charge in [-0.25, -0.2) is 0 Å². The summed E-state index contributed by atoms with van der Waals surface area (Å²) in [4.78, 5) is 0. The van der Waals surface area contributed by atoms with Gasteiger partial charge in [-0.05, 0) is 44.9 Å². The average Bonchev–Trinajstić information content (AvgIpc) is 2.61. The molecule has 0 saturated heterocycles. The van der Waals surface area contributed by atoms with Crippen LogP contribution < -0.4 is 14.8 Å². The van der Waals surface area contributed by atoms with Crippen LogP contribution in [0.3, 0.4) is 0 Å². The number of ether oxygens (including phenoxy) is 2. The van der Waals surface area contributed by atoms with Crippen molar-refractivity contribution in [3.8, 4) is 11.5 Å². The molecule has 0 amide bonds. The van der Waals surface area contributed by atoms with Gasteiger partial charge < -0.3 is 19.9 Å². The predicted molar refractivity (Wildman–Crippen MR) is 79.4 cm³/mol. The summed E-state index contributed by atoms with van der Waals surface area (Å²) in [5.74, 6) is 1.66. The Kier molecular flexibility index (Phi) is 5.26. The lowest BCUT2D eigenvalue weighted by molar-refractivity contribution is 0.168. The zero-order valence-electron chi connectivity index (χ0n) is 12.6. The molecule has 20 heavy (non-hydrogen) atoms. The number of hydrogen-bond acceptors (Lipinski definition) is 4. The van der Waals surface area contributed by atoms with E-state index in [4.69, 9.17) is 9.47 Å². The Morgan fingerprint density at radius 2 is 1.85 bits per heavy atom. The first-order valence-corrected chi connectivity index (χ1v) is 7.40. The molecular formula is C16H25NO3. The maximum atomic E-state index is 9.42. The number of benzene rings is 1. The molecule has 3 atom stereocenters. The highest BCUT2D eigenvalue weighted by molar-refractivity contribution is 5.44. The Morgan fingerprint density at radius 3 is 2.55 bits per heavy atom. The molecule has 2 rings (SSSR count). The monoisotopic (exact) mass is 279 g/mol. The fourth-order valence-corrected chi connectivity index (χ4v) is 2.55. The molecule has 1 aromatic carbocycles. The van der Waals surface area contributed by atoms with Crippen LogP contribution in [0.2, 0.25) is 0 Å². The summed E-state index contributed by atoms with van der Waals surface area (Å²) < 4.78 is 11.4. The zero-order valence-corrected chi connectivity index (χ0v) is 12.6. The van der Waals surface area contributed by atoms with Crippen LogP contribution >= 0.6 is 0 Å². The van der Waals surface area contributed by atoms with Crippen LogP contribution in [0.4, 0.5) is 0 Å². The highest BCUT2D eigenvalue weighted by Gasteiger charge is 2.15. The lowest BCUT2D eigenvalue weighted by atomic mass is 10.1. The van der Waals surface area contributed by atoms with Gasteiger partial charge in [0, 0.05) is 18.5 Å². The third-order valence-corrected chi connectivity index (χ3v) is 3.50. The lowest BCUT2D eigenvalue weighted by Gasteiger charge is -2.22. The molecule has 0 aliphatic carbocycles. The SMILES string of the molecule is CC(O)CC(C)NC(C)c1ccc2c(c1)OCCCO2. The Hall–Kier alpha value is -1.26. The van der Waals surface area contributed by atoms with E-state index in [1.807, 2.05) is 19.1 Å². The molecule has 4 heteroatoms. The van der Waals surface area contributed by atoms with Crippen molar-refractivity contribution in [3.63, 3.8) is 0 Å². The summed E-state index contributed by atoms with van der Waals surface area (Å²) in [5.41, 5.74) is 1.17. The van der Waals surface area contributed by atoms with Crippen LogP contribution in [-0.2, 0) is 0 Å². The number of nitrogens with one attached hydrogen (secondary N) is 1. The summed E-state index contributed by atoms with van der Waals surface area (Å²) in [6.45, 7) is 7.45. The number of aliphatic hydroxyl groups is 1. The molecule has 1 aromatic rings. The molecule has 0 aromatic heterocycles. The van der Waals surface area contributed by atoms with Crippen molar-refractivity contribution in [1.29, 1.82) is 0 Å². The molecule has 0 radical (unpaired) electrons. The molecule has 0 bridgehead atoms. The minimum absolute atomic E-state index is 0.209. The summed E-state index contributed by atoms with van der Waals surface area (Å²) >= 11 is 0. The molecule has 2 N–H and O–H groups in total. The Labute approximate surface area is 121 Å². The van der Waals surface area contributed by atoms with E-state index in [2.05, 4.69) is 25.2 Å². The molecule has 4 nitrogen and oxygen atoms in total. The van der Waals surface area contributed by atoms with Gasteiger partial charge in [-0.15, -0.1) is 0 Å². The summed E-state index contributed by atoms with van der Waals surface area (Å²) in [7, 11) is 0. The highest BCUT2D eigenvalue weighted by atomic mass is 16.5. The van der Waals surface area contributed by atoms with Gasteiger partial charge in [0.25, 0.3) is 0 Å². The first-order valence-electron chi connectivity index (χ1n) is 7.40. The van der Waals surface area contributed by atoms with E-state index in [-0.39, 0.29) is 18.2 Å². The summed E-state index contributed by atoms with van der Waals surface area (Å²) in [5, 5.41) is 12.9. The molecule has 0 spiro atoms. The summed E-state index contributed by atoms with van der Waals surface area (Å²) in [6.07, 6.45) is 1.38. The van der Waals surface area contributed by atoms with Crippen molar-refractivity contribution in [3.05, 3.63) is 23.8 Å². The number of rotatable bonds is 5. The van der Waals surface area contributed by atoms with Gasteiger partial charge in [0.1, 0.15) is 0 Å². The van der Waals surface area contributed by atoms with Gasteiger partial charge in [-0.2, -0.15) is 0 Å². The van der Waals surface area contributed by atoms with E-state index in [0.717, 1.165) is 24.3 Å². The second-order valence-electron chi connectivity index (χ2n) is 5.63. The van der Waals surface area contributed by atoms with Crippen LogP contribution in [0.15, 0.2) is 18.2 Å². The van der Waals surface area contributed by atoms with Crippen molar-refractivity contribution in [2.45, 2.75) is 51.8 Å². The van der Waals surface area contributed by atoms with Crippen LogP contribution in [0.5, 0.6) is 11.5 Å². The average molecular weight is 279 g/mol. The van der Waals surface area contributed by atoms with Gasteiger partial charge in [0.2, 0.25) is 0 Å². The molecule has 0 saturated carbocycles. The molecule has 3 unspecified atom stereocenters. The quantitative estimate of drug-likeness (QED) is 0.870. The van der Waals surface area contributed by atoms with Crippen LogP contribution in [0.25, 0.3) is 0 Å². The normalized spacial score (nSPS) is 19.0. The van der Waals surface area contributed by atoms with Crippen molar-refractivity contribution >= 4 is 0 Å². The van der Waals surface area contributed by atoms with Crippen molar-refractivity contribution < 1.29 is 14.6 Å². The Morgan fingerprint density at radius 1 is 1.15 bits per heavy atom. The van der Waals surface area contributed by atoms with Crippen LogP contribution in [-0.4, -0.2) is 30.5 Å². The van der Waals surface area contributed by atoms with E-state index < -0.39 is 0 Å². The van der Waals surface area contributed by atoms with Crippen LogP contribution in [0.1, 0.15) is 45.2 Å². The molecule has 112 valence electrons. The summed E-state index contributed by atoms with van der Waals surface area (Å²) in [6, 6.07) is 6.57. The van der Waals surface area contributed by atoms with E-state index in [1.165, 1.54) is 5.56 Å². The van der Waals surface area contributed by atoms with E-state index in [1.54, 1.807) is 0 Å². The minimum Gasteiger partial charge on any atom is -0.490 e. The number of fused-ring (bicyclic) bond motifs is 1. The smallest absolute Gasteiger partial charge is 0.161 e. The fourth-order valence-electron chi connectivity index (χ4n) is 2.55. The lowest BCUT2D eigenvalue weighted by Crippen LogP contribution is -2.31. The van der Waals surface area contributed by atoms with Crippen molar-refractivity contribution in [1.82, 2.24) is 5.32 Å². The van der Waals surface area contributed by atoms with Crippen molar-refractivity contribution in [2.24, 2.45) is 0 Å². The predicted octanol–water partition coefficient (Wildman–Crippen LogP) is 2.66. The minimum atomic E-state index is -0.284. The first-order chi connectivity index (χ1) is 9.56. The van der Waals surface area contributed by atoms with E-state index >= 15 is 0 Å². The maximum absolute atomic E-state index is 9.42. The second-order valence-corrected chi connectivity index (χ2v) is 5.63. The van der Waals surface area contributed by atoms with Gasteiger partial charge >= 0.3 is 0 Å². The largest absolute Gasteiger partial charge is 0.490 e. The first kappa shape index (κ1) is 15.1. The van der Waals surface area contributed by atoms with E-state index in [9.17, 15) is 5.11 Å². The standard InChI is InChI=1S/C16H25NO3/c1-11(9-12(2)18)17-13(3)14-5-6-15-16(10-14)20-8-4-7-19-15/h5-6,10-13,17-18H,4,7-9H2,1-3H3. The third kappa shape index (κ3) is 4.12. The second kappa shape index (κ2) is 6.95. The van der Waals surface area contributed by atoms with E-state index in [0.29, 0.717) is 13.2 Å². The molecule has 1 aliphatic heterocycles. The van der Waals surface area contributed by atoms with Gasteiger partial charge in [0.15, 0.2) is 11.5 Å². The molecular weight excluding hydrogens is 254 g/mol. The fraction of sp³-hybridized carbons (Fsp3) is 0.625. The number of hydrogen-bond donors (Lipinski definition) is 2. The zero-order chi connectivity index (χ0) is 14.5. The molecule has 1 heterocycles. The van der Waals surface area contributed by atoms with Crippen molar-refractivity contribution in [2.75, 3.05) is 13.2 Å². The third-order valence-electron chi connectivity index (χ3n) is 3.50. The van der Waals surface area contributed by atoms with Crippen LogP contribution in [0, 0.1) is 0 Å². The molecule has 0 fully saturated rings. The van der Waals surface area contributed by atoms with Gasteiger partial charge in [0.05, 0.1) is 19.3 Å².